The molecule has 1 aliphatic rings. The van der Waals surface area contributed by atoms with Gasteiger partial charge in [-0.2, -0.15) is 0 Å². The van der Waals surface area contributed by atoms with E-state index in [9.17, 15) is 9.59 Å². The predicted molar refractivity (Wildman–Crippen MR) is 104 cm³/mol. The Labute approximate surface area is 154 Å². The zero-order valence-corrected chi connectivity index (χ0v) is 15.0. The Morgan fingerprint density at radius 3 is 2.50 bits per heavy atom. The predicted octanol–water partition coefficient (Wildman–Crippen LogP) is 2.36. The Hall–Kier alpha value is -2.76. The fourth-order valence-electron chi connectivity index (χ4n) is 3.12. The van der Waals surface area contributed by atoms with Gasteiger partial charge in [0.05, 0.1) is 5.56 Å². The number of carbonyl (C=O) groups excluding carboxylic acids is 2. The molecule has 0 bridgehead atoms. The highest BCUT2D eigenvalue weighted by molar-refractivity contribution is 6.57. The summed E-state index contributed by atoms with van der Waals surface area (Å²) in [6, 6.07) is 17.3. The van der Waals surface area contributed by atoms with E-state index in [1.807, 2.05) is 30.3 Å². The van der Waals surface area contributed by atoms with Gasteiger partial charge < -0.3 is 15.0 Å². The third kappa shape index (κ3) is 4.88. The van der Waals surface area contributed by atoms with E-state index < -0.39 is 0 Å². The molecule has 0 atom stereocenters. The van der Waals surface area contributed by atoms with Gasteiger partial charge in [0.25, 0.3) is 0 Å². The van der Waals surface area contributed by atoms with Crippen molar-refractivity contribution in [2.45, 2.75) is 25.5 Å². The first kappa shape index (κ1) is 18.0. The summed E-state index contributed by atoms with van der Waals surface area (Å²) in [5.74, 6) is -0.280. The van der Waals surface area contributed by atoms with Gasteiger partial charge in [0.15, 0.2) is 5.81 Å². The lowest BCUT2D eigenvalue weighted by Gasteiger charge is -2.33. The van der Waals surface area contributed by atoms with Gasteiger partial charge in [-0.15, -0.1) is 0 Å². The molecule has 26 heavy (non-hydrogen) atoms. The molecular weight excluding hydrogens is 327 g/mol. The summed E-state index contributed by atoms with van der Waals surface area (Å²) in [5.41, 5.74) is 2.82. The molecule has 5 nitrogen and oxygen atoms in total. The molecule has 3 rings (SSSR count). The first-order chi connectivity index (χ1) is 12.6. The van der Waals surface area contributed by atoms with Crippen molar-refractivity contribution >= 4 is 25.3 Å². The van der Waals surface area contributed by atoms with E-state index in [-0.39, 0.29) is 17.9 Å². The summed E-state index contributed by atoms with van der Waals surface area (Å²) >= 11 is 0. The summed E-state index contributed by atoms with van der Waals surface area (Å²) in [6.45, 7) is 2.22. The Bertz CT molecular complexity index is 759. The standard InChI is InChI=1S/C20H23BN2O3/c21-20(25)22-14-15-5-4-8-17(13-15)23-11-9-18(10-12-23)26-19(24)16-6-2-1-3-7-16/h1-8,13,18H,9-12,14,21H2,(H,22,25). The normalized spacial score (nSPS) is 14.7. The first-order valence-corrected chi connectivity index (χ1v) is 8.96. The van der Waals surface area contributed by atoms with Crippen molar-refractivity contribution < 1.29 is 14.3 Å². The third-order valence-corrected chi connectivity index (χ3v) is 4.54. The van der Waals surface area contributed by atoms with Crippen LogP contribution in [0.1, 0.15) is 28.8 Å². The van der Waals surface area contributed by atoms with Crippen LogP contribution in [0.3, 0.4) is 0 Å². The first-order valence-electron chi connectivity index (χ1n) is 8.96. The summed E-state index contributed by atoms with van der Waals surface area (Å²) in [4.78, 5) is 25.5. The Kier molecular flexibility index (Phi) is 5.94. The molecule has 134 valence electrons. The molecule has 1 fully saturated rings. The fourth-order valence-corrected chi connectivity index (χ4v) is 3.12. The highest BCUT2D eigenvalue weighted by Gasteiger charge is 2.23. The Morgan fingerprint density at radius 1 is 1.08 bits per heavy atom. The second-order valence-electron chi connectivity index (χ2n) is 6.54. The van der Waals surface area contributed by atoms with E-state index in [4.69, 9.17) is 4.74 Å². The van der Waals surface area contributed by atoms with Gasteiger partial charge in [0.2, 0.25) is 7.85 Å². The quantitative estimate of drug-likeness (QED) is 0.664. The van der Waals surface area contributed by atoms with Crippen molar-refractivity contribution in [1.29, 1.82) is 0 Å². The van der Waals surface area contributed by atoms with Crippen LogP contribution in [0.4, 0.5) is 10.5 Å². The number of anilines is 1. The van der Waals surface area contributed by atoms with Crippen LogP contribution < -0.4 is 10.2 Å². The SMILES string of the molecule is BC(=O)NCc1cccc(N2CCC(OC(=O)c3ccccc3)CC2)c1. The molecule has 0 spiro atoms. The van der Waals surface area contributed by atoms with Crippen LogP contribution in [0, 0.1) is 0 Å². The number of amides is 1. The van der Waals surface area contributed by atoms with Crippen molar-refractivity contribution in [2.75, 3.05) is 18.0 Å². The highest BCUT2D eigenvalue weighted by Crippen LogP contribution is 2.23. The van der Waals surface area contributed by atoms with E-state index in [0.717, 1.165) is 37.2 Å². The Morgan fingerprint density at radius 2 is 1.81 bits per heavy atom. The average Bonchev–Trinajstić information content (AvgIpc) is 2.68. The highest BCUT2D eigenvalue weighted by atomic mass is 16.5. The number of benzene rings is 2. The van der Waals surface area contributed by atoms with E-state index in [2.05, 4.69) is 22.3 Å². The average molecular weight is 350 g/mol. The van der Waals surface area contributed by atoms with Crippen LogP contribution in [-0.4, -0.2) is 38.8 Å². The molecule has 6 heteroatoms. The van der Waals surface area contributed by atoms with Gasteiger partial charge in [-0.1, -0.05) is 30.3 Å². The fraction of sp³-hybridized carbons (Fsp3) is 0.300. The van der Waals surface area contributed by atoms with Crippen LogP contribution in [0.2, 0.25) is 0 Å². The summed E-state index contributed by atoms with van der Waals surface area (Å²) in [7, 11) is 1.52. The second-order valence-corrected chi connectivity index (χ2v) is 6.54. The zero-order chi connectivity index (χ0) is 18.4. The second kappa shape index (κ2) is 8.56. The lowest BCUT2D eigenvalue weighted by molar-refractivity contribution is 0.0245. The minimum atomic E-state index is -0.249. The number of piperidine rings is 1. The monoisotopic (exact) mass is 350 g/mol. The number of hydrogen-bond acceptors (Lipinski definition) is 4. The van der Waals surface area contributed by atoms with Crippen molar-refractivity contribution in [1.82, 2.24) is 5.32 Å². The van der Waals surface area contributed by atoms with Gasteiger partial charge in [-0.05, 0) is 29.8 Å². The molecule has 0 aliphatic carbocycles. The molecule has 1 heterocycles. The molecule has 1 N–H and O–H groups in total. The molecule has 0 unspecified atom stereocenters. The van der Waals surface area contributed by atoms with E-state index in [1.54, 1.807) is 12.1 Å². The minimum absolute atomic E-state index is 0.0311. The smallest absolute Gasteiger partial charge is 0.338 e. The van der Waals surface area contributed by atoms with E-state index in [0.29, 0.717) is 12.1 Å². The maximum atomic E-state index is 12.2. The van der Waals surface area contributed by atoms with Crippen molar-refractivity contribution in [3.63, 3.8) is 0 Å². The zero-order valence-electron chi connectivity index (χ0n) is 15.0. The van der Waals surface area contributed by atoms with Crippen molar-refractivity contribution in [3.05, 3.63) is 65.7 Å². The molecule has 1 aliphatic heterocycles. The van der Waals surface area contributed by atoms with Crippen LogP contribution >= 0.6 is 0 Å². The van der Waals surface area contributed by atoms with Crippen LogP contribution in [0.25, 0.3) is 0 Å². The van der Waals surface area contributed by atoms with Crippen LogP contribution in [0.15, 0.2) is 54.6 Å². The van der Waals surface area contributed by atoms with Crippen LogP contribution in [-0.2, 0) is 11.3 Å². The summed E-state index contributed by atoms with van der Waals surface area (Å²) < 4.78 is 5.64. The van der Waals surface area contributed by atoms with Gasteiger partial charge in [-0.25, -0.2) is 4.79 Å². The molecule has 1 amide bonds. The topological polar surface area (TPSA) is 58.6 Å². The van der Waals surface area contributed by atoms with Crippen molar-refractivity contribution in [2.24, 2.45) is 0 Å². The van der Waals surface area contributed by atoms with Gasteiger partial charge in [0.1, 0.15) is 6.10 Å². The summed E-state index contributed by atoms with van der Waals surface area (Å²) in [5, 5.41) is 2.82. The Balaban J connectivity index is 1.53. The number of hydrogen-bond donors (Lipinski definition) is 1. The van der Waals surface area contributed by atoms with Crippen molar-refractivity contribution in [3.8, 4) is 0 Å². The van der Waals surface area contributed by atoms with Crippen LogP contribution in [0.5, 0.6) is 0 Å². The maximum Gasteiger partial charge on any atom is 0.338 e. The van der Waals surface area contributed by atoms with Gasteiger partial charge in [-0.3, -0.25) is 4.79 Å². The molecule has 0 aromatic heterocycles. The largest absolute Gasteiger partial charge is 0.459 e. The molecule has 2 aromatic rings. The third-order valence-electron chi connectivity index (χ3n) is 4.54. The number of rotatable bonds is 5. The number of esters is 1. The number of nitrogens with zero attached hydrogens (tertiary/aromatic N) is 1. The lowest BCUT2D eigenvalue weighted by atomic mass is 10.1. The molecule has 0 radical (unpaired) electrons. The minimum Gasteiger partial charge on any atom is -0.459 e. The molecule has 1 saturated heterocycles. The maximum absolute atomic E-state index is 12.2. The number of nitrogens with one attached hydrogen (secondary N) is 1. The van der Waals surface area contributed by atoms with Gasteiger partial charge >= 0.3 is 5.97 Å². The number of ether oxygens (including phenoxy) is 1. The van der Waals surface area contributed by atoms with E-state index in [1.165, 1.54) is 7.85 Å². The summed E-state index contributed by atoms with van der Waals surface area (Å²) in [6.07, 6.45) is 1.59. The van der Waals surface area contributed by atoms with E-state index >= 15 is 0 Å². The molecule has 2 aromatic carbocycles. The number of carbonyl (C=O) groups is 2. The molecular formula is C20H23BN2O3. The lowest BCUT2D eigenvalue weighted by Crippen LogP contribution is -2.38. The molecule has 0 saturated carbocycles. The van der Waals surface area contributed by atoms with Gasteiger partial charge in [0, 0.05) is 38.2 Å².